The van der Waals surface area contributed by atoms with E-state index in [0.717, 1.165) is 0 Å². The lowest BCUT2D eigenvalue weighted by atomic mass is 9.79. The van der Waals surface area contributed by atoms with Gasteiger partial charge in [0, 0.05) is 29.1 Å². The molecule has 0 saturated heterocycles. The number of benzene rings is 1. The summed E-state index contributed by atoms with van der Waals surface area (Å²) in [6.07, 6.45) is 0. The Balaban J connectivity index is 2.60. The molecular weight excluding hydrogens is 454 g/mol. The zero-order valence-electron chi connectivity index (χ0n) is 21.3. The first-order valence-electron chi connectivity index (χ1n) is 11.2. The summed E-state index contributed by atoms with van der Waals surface area (Å²) in [5.41, 5.74) is 0.607. The summed E-state index contributed by atoms with van der Waals surface area (Å²) in [6, 6.07) is 4.78. The molecule has 0 saturated carbocycles. The number of dihydropyridines is 1. The minimum Gasteiger partial charge on any atom is -0.466 e. The van der Waals surface area contributed by atoms with Crippen LogP contribution < -0.4 is 10.6 Å². The summed E-state index contributed by atoms with van der Waals surface area (Å²) in [4.78, 5) is 50.1. The molecule has 0 aliphatic carbocycles. The maximum absolute atomic E-state index is 13.6. The molecule has 0 radical (unpaired) electrons. The maximum atomic E-state index is 13.6. The fourth-order valence-electron chi connectivity index (χ4n) is 3.91. The molecule has 0 fully saturated rings. The Morgan fingerprint density at radius 2 is 1.71 bits per heavy atom. The molecule has 10 heteroatoms. The summed E-state index contributed by atoms with van der Waals surface area (Å²) < 4.78 is 10.4. The van der Waals surface area contributed by atoms with Crippen molar-refractivity contribution < 1.29 is 28.8 Å². The number of hydrogen-bond donors (Lipinski definition) is 2. The van der Waals surface area contributed by atoms with Crippen LogP contribution in [0.4, 0.5) is 5.69 Å². The van der Waals surface area contributed by atoms with E-state index in [0.29, 0.717) is 17.0 Å². The molecule has 10 nitrogen and oxygen atoms in total. The molecule has 35 heavy (non-hydrogen) atoms. The number of methoxy groups -OCH3 is 1. The zero-order valence-corrected chi connectivity index (χ0v) is 21.3. The average Bonchev–Trinajstić information content (AvgIpc) is 2.74. The van der Waals surface area contributed by atoms with Crippen LogP contribution in [-0.2, 0) is 23.9 Å². The number of nitrogens with one attached hydrogen (secondary N) is 2. The Labute approximate surface area is 204 Å². The van der Waals surface area contributed by atoms with E-state index in [-0.39, 0.29) is 22.8 Å². The van der Waals surface area contributed by atoms with Crippen molar-refractivity contribution in [3.8, 4) is 0 Å². The Hall–Kier alpha value is -3.69. The van der Waals surface area contributed by atoms with Gasteiger partial charge in [0.2, 0.25) is 0 Å². The average molecular weight is 488 g/mol. The summed E-state index contributed by atoms with van der Waals surface area (Å²) in [6.45, 7) is 12.1. The summed E-state index contributed by atoms with van der Waals surface area (Å²) in [5, 5.41) is 17.2. The third kappa shape index (κ3) is 6.46. The summed E-state index contributed by atoms with van der Waals surface area (Å²) in [7, 11) is 1.22. The van der Waals surface area contributed by atoms with Gasteiger partial charge in [0.1, 0.15) is 11.6 Å². The van der Waals surface area contributed by atoms with E-state index >= 15 is 0 Å². The van der Waals surface area contributed by atoms with Gasteiger partial charge < -0.3 is 20.1 Å². The van der Waals surface area contributed by atoms with Crippen LogP contribution in [0.5, 0.6) is 0 Å². The third-order valence-electron chi connectivity index (χ3n) is 5.44. The number of carbonyl (C=O) groups excluding carboxylic acids is 3. The van der Waals surface area contributed by atoms with E-state index in [1.54, 1.807) is 54.5 Å². The number of non-ortho nitro benzene ring substituents is 1. The minimum atomic E-state index is -0.963. The molecule has 1 unspecified atom stereocenters. The van der Waals surface area contributed by atoms with Crippen LogP contribution in [0.25, 0.3) is 0 Å². The Bertz CT molecular complexity index is 1100. The molecule has 1 amide bonds. The number of amides is 1. The molecular formula is C25H33N3O7. The van der Waals surface area contributed by atoms with Crippen molar-refractivity contribution in [1.82, 2.24) is 10.6 Å². The van der Waals surface area contributed by atoms with E-state index in [1.807, 2.05) is 0 Å². The molecule has 190 valence electrons. The van der Waals surface area contributed by atoms with Crippen molar-refractivity contribution in [2.45, 2.75) is 66.0 Å². The fraction of sp³-hybridized carbons (Fsp3) is 0.480. The highest BCUT2D eigenvalue weighted by Gasteiger charge is 2.39. The normalized spacial score (nSPS) is 17.0. The lowest BCUT2D eigenvalue weighted by Gasteiger charge is -2.32. The van der Waals surface area contributed by atoms with E-state index in [2.05, 4.69) is 10.6 Å². The van der Waals surface area contributed by atoms with E-state index in [1.165, 1.54) is 25.3 Å². The van der Waals surface area contributed by atoms with E-state index in [4.69, 9.17) is 9.47 Å². The van der Waals surface area contributed by atoms with Crippen LogP contribution in [-0.4, -0.2) is 41.5 Å². The van der Waals surface area contributed by atoms with Crippen molar-refractivity contribution in [2.24, 2.45) is 5.92 Å². The largest absolute Gasteiger partial charge is 0.466 e. The molecule has 1 aromatic rings. The minimum absolute atomic E-state index is 0.141. The molecule has 2 atom stereocenters. The number of nitrogens with zero attached hydrogens (tertiary/aromatic N) is 1. The van der Waals surface area contributed by atoms with Gasteiger partial charge in [-0.15, -0.1) is 0 Å². The first-order chi connectivity index (χ1) is 16.2. The SMILES string of the molecule is COC(=O)C1=C(C)NC(C)=C(C(=O)N[C@H](C(=O)OC(C)(C)C)C(C)C)C1c1cccc([N+](=O)[O-])c1. The number of carbonyl (C=O) groups is 3. The molecule has 2 rings (SSSR count). The number of ether oxygens (including phenoxy) is 2. The lowest BCUT2D eigenvalue weighted by molar-refractivity contribution is -0.384. The monoisotopic (exact) mass is 487 g/mol. The van der Waals surface area contributed by atoms with Gasteiger partial charge in [-0.2, -0.15) is 0 Å². The third-order valence-corrected chi connectivity index (χ3v) is 5.44. The second-order valence-electron chi connectivity index (χ2n) is 9.71. The van der Waals surface area contributed by atoms with Crippen molar-refractivity contribution in [3.05, 3.63) is 62.5 Å². The quantitative estimate of drug-likeness (QED) is 0.339. The van der Waals surface area contributed by atoms with Gasteiger partial charge in [0.05, 0.1) is 23.5 Å². The highest BCUT2D eigenvalue weighted by molar-refractivity contribution is 6.03. The Morgan fingerprint density at radius 3 is 2.23 bits per heavy atom. The molecule has 0 bridgehead atoms. The van der Waals surface area contributed by atoms with Gasteiger partial charge >= 0.3 is 11.9 Å². The first kappa shape index (κ1) is 27.6. The molecule has 1 aliphatic heterocycles. The second-order valence-corrected chi connectivity index (χ2v) is 9.71. The first-order valence-corrected chi connectivity index (χ1v) is 11.2. The second kappa shape index (κ2) is 10.7. The maximum Gasteiger partial charge on any atom is 0.336 e. The molecule has 1 aromatic carbocycles. The number of hydrogen-bond acceptors (Lipinski definition) is 8. The predicted molar refractivity (Wildman–Crippen MR) is 129 cm³/mol. The van der Waals surface area contributed by atoms with Crippen LogP contribution in [0, 0.1) is 16.0 Å². The molecule has 0 aromatic heterocycles. The van der Waals surface area contributed by atoms with Gasteiger partial charge in [0.15, 0.2) is 0 Å². The number of rotatable bonds is 7. The topological polar surface area (TPSA) is 137 Å². The summed E-state index contributed by atoms with van der Waals surface area (Å²) in [5.74, 6) is -3.13. The van der Waals surface area contributed by atoms with Crippen LogP contribution in [0.1, 0.15) is 59.9 Å². The fourth-order valence-corrected chi connectivity index (χ4v) is 3.91. The Morgan fingerprint density at radius 1 is 1.11 bits per heavy atom. The lowest BCUT2D eigenvalue weighted by Crippen LogP contribution is -2.49. The molecule has 1 aliphatic rings. The molecule has 1 heterocycles. The highest BCUT2D eigenvalue weighted by atomic mass is 16.6. The highest BCUT2D eigenvalue weighted by Crippen LogP contribution is 2.39. The van der Waals surface area contributed by atoms with Gasteiger partial charge in [-0.05, 0) is 46.1 Å². The van der Waals surface area contributed by atoms with Gasteiger partial charge in [0.25, 0.3) is 11.6 Å². The standard InChI is InChI=1S/C25H33N3O7/c1-13(2)21(24(31)35-25(5,6)7)27-22(29)18-14(3)26-15(4)19(23(30)34-8)20(18)16-10-9-11-17(12-16)28(32)33/h9-13,20-21,26H,1-8H3,(H,27,29)/t20?,21-/m0/s1. The Kier molecular flexibility index (Phi) is 8.43. The van der Waals surface area contributed by atoms with Crippen molar-refractivity contribution in [2.75, 3.05) is 7.11 Å². The smallest absolute Gasteiger partial charge is 0.336 e. The van der Waals surface area contributed by atoms with Crippen LogP contribution in [0.2, 0.25) is 0 Å². The van der Waals surface area contributed by atoms with E-state index in [9.17, 15) is 24.5 Å². The number of nitro benzene ring substituents is 1. The van der Waals surface area contributed by atoms with Gasteiger partial charge in [-0.3, -0.25) is 14.9 Å². The van der Waals surface area contributed by atoms with Crippen LogP contribution in [0.3, 0.4) is 0 Å². The zero-order chi connectivity index (χ0) is 26.7. The predicted octanol–water partition coefficient (Wildman–Crippen LogP) is 3.49. The van der Waals surface area contributed by atoms with Gasteiger partial charge in [-0.1, -0.05) is 26.0 Å². The van der Waals surface area contributed by atoms with Crippen molar-refractivity contribution in [1.29, 1.82) is 0 Å². The number of esters is 2. The van der Waals surface area contributed by atoms with Crippen LogP contribution in [0.15, 0.2) is 46.8 Å². The van der Waals surface area contributed by atoms with E-state index < -0.39 is 40.3 Å². The number of allylic oxidation sites excluding steroid dienone is 2. The van der Waals surface area contributed by atoms with Crippen molar-refractivity contribution >= 4 is 23.5 Å². The summed E-state index contributed by atoms with van der Waals surface area (Å²) >= 11 is 0. The number of nitro groups is 1. The van der Waals surface area contributed by atoms with Gasteiger partial charge in [-0.25, -0.2) is 9.59 Å². The molecule has 2 N–H and O–H groups in total. The van der Waals surface area contributed by atoms with Crippen LogP contribution >= 0.6 is 0 Å². The molecule has 0 spiro atoms. The van der Waals surface area contributed by atoms with Crippen molar-refractivity contribution in [3.63, 3.8) is 0 Å².